The van der Waals surface area contributed by atoms with Gasteiger partial charge in [0.2, 0.25) is 0 Å². The van der Waals surface area contributed by atoms with Crippen molar-refractivity contribution in [1.82, 2.24) is 0 Å². The Balaban J connectivity index is 2.61. The summed E-state index contributed by atoms with van der Waals surface area (Å²) >= 11 is 1.33. The van der Waals surface area contributed by atoms with Crippen LogP contribution < -0.4 is 0 Å². The van der Waals surface area contributed by atoms with Crippen molar-refractivity contribution < 1.29 is 9.18 Å². The fraction of sp³-hybridized carbons (Fsp3) is 0.188. The van der Waals surface area contributed by atoms with Gasteiger partial charge in [0.15, 0.2) is 5.78 Å². The highest BCUT2D eigenvalue weighted by Gasteiger charge is 2.07. The molecule has 1 nitrogen and oxygen atoms in total. The Bertz CT molecular complexity index is 515. The molecule has 0 radical (unpaired) electrons. The van der Waals surface area contributed by atoms with Crippen molar-refractivity contribution in [3.63, 3.8) is 0 Å². The Hall–Kier alpha value is -1.61. The summed E-state index contributed by atoms with van der Waals surface area (Å²) in [5.41, 5.74) is 0.414. The predicted molar refractivity (Wildman–Crippen MR) is 80.2 cm³/mol. The van der Waals surface area contributed by atoms with Gasteiger partial charge in [0.1, 0.15) is 5.82 Å². The second-order valence-electron chi connectivity index (χ2n) is 3.82. The Morgan fingerprint density at radius 1 is 1.26 bits per heavy atom. The first kappa shape index (κ1) is 15.4. The summed E-state index contributed by atoms with van der Waals surface area (Å²) in [5.74, 6) is -0.419. The van der Waals surface area contributed by atoms with Gasteiger partial charge in [-0.3, -0.25) is 4.79 Å². The van der Waals surface area contributed by atoms with Crippen molar-refractivity contribution in [3.05, 3.63) is 66.0 Å². The third-order valence-electron chi connectivity index (χ3n) is 2.44. The van der Waals surface area contributed by atoms with Crippen LogP contribution in [0.15, 0.2) is 59.6 Å². The van der Waals surface area contributed by atoms with E-state index in [9.17, 15) is 9.18 Å². The molecule has 0 N–H and O–H groups in total. The van der Waals surface area contributed by atoms with E-state index in [0.29, 0.717) is 10.5 Å². The van der Waals surface area contributed by atoms with Gasteiger partial charge in [-0.05, 0) is 25.3 Å². The van der Waals surface area contributed by atoms with Crippen LogP contribution in [0, 0.1) is 5.82 Å². The number of carbonyl (C=O) groups excluding carboxylic acids is 1. The Morgan fingerprint density at radius 3 is 2.63 bits per heavy atom. The van der Waals surface area contributed by atoms with Crippen molar-refractivity contribution >= 4 is 17.5 Å². The largest absolute Gasteiger partial charge is 0.294 e. The Morgan fingerprint density at radius 2 is 2.00 bits per heavy atom. The van der Waals surface area contributed by atoms with Crippen LogP contribution in [0.3, 0.4) is 0 Å². The van der Waals surface area contributed by atoms with Gasteiger partial charge in [0, 0.05) is 16.9 Å². The van der Waals surface area contributed by atoms with E-state index in [-0.39, 0.29) is 18.0 Å². The quantitative estimate of drug-likeness (QED) is 0.421. The average molecular weight is 276 g/mol. The van der Waals surface area contributed by atoms with Crippen molar-refractivity contribution in [2.45, 2.75) is 18.2 Å². The molecule has 0 aliphatic heterocycles. The SMILES string of the molecule is C\C=C/C=C\C=C\CC(=O)c1ccc(SC)c(F)c1. The van der Waals surface area contributed by atoms with E-state index in [1.54, 1.807) is 24.5 Å². The summed E-state index contributed by atoms with van der Waals surface area (Å²) in [6.07, 6.45) is 13.2. The van der Waals surface area contributed by atoms with E-state index in [2.05, 4.69) is 0 Å². The normalized spacial score (nSPS) is 11.9. The fourth-order valence-corrected chi connectivity index (χ4v) is 1.91. The molecule has 0 aliphatic rings. The number of thioether (sulfide) groups is 1. The molecule has 0 heterocycles. The molecule has 0 aliphatic carbocycles. The number of carbonyl (C=O) groups is 1. The minimum absolute atomic E-state index is 0.0813. The van der Waals surface area contributed by atoms with E-state index in [4.69, 9.17) is 0 Å². The number of halogens is 1. The van der Waals surface area contributed by atoms with Crippen molar-refractivity contribution in [3.8, 4) is 0 Å². The molecule has 100 valence electrons. The molecule has 0 unspecified atom stereocenters. The number of ketones is 1. The lowest BCUT2D eigenvalue weighted by Crippen LogP contribution is -1.98. The summed E-state index contributed by atoms with van der Waals surface area (Å²) in [6, 6.07) is 4.61. The van der Waals surface area contributed by atoms with Crippen LogP contribution in [-0.4, -0.2) is 12.0 Å². The van der Waals surface area contributed by atoms with Gasteiger partial charge in [0.05, 0.1) is 0 Å². The predicted octanol–water partition coefficient (Wildman–Crippen LogP) is 4.81. The lowest BCUT2D eigenvalue weighted by atomic mass is 10.1. The lowest BCUT2D eigenvalue weighted by molar-refractivity contribution is 0.0995. The van der Waals surface area contributed by atoms with Gasteiger partial charge in [-0.25, -0.2) is 4.39 Å². The zero-order valence-corrected chi connectivity index (χ0v) is 11.9. The minimum Gasteiger partial charge on any atom is -0.294 e. The molecule has 1 aromatic rings. The summed E-state index contributed by atoms with van der Waals surface area (Å²) in [4.78, 5) is 12.4. The van der Waals surface area contributed by atoms with Gasteiger partial charge in [-0.1, -0.05) is 42.5 Å². The molecular formula is C16H17FOS. The third-order valence-corrected chi connectivity index (χ3v) is 3.21. The maximum Gasteiger partial charge on any atom is 0.166 e. The lowest BCUT2D eigenvalue weighted by Gasteiger charge is -2.02. The number of rotatable bonds is 6. The molecule has 0 saturated heterocycles. The molecule has 1 aromatic carbocycles. The van der Waals surface area contributed by atoms with Crippen LogP contribution in [0.25, 0.3) is 0 Å². The van der Waals surface area contributed by atoms with E-state index in [1.165, 1.54) is 17.8 Å². The van der Waals surface area contributed by atoms with Crippen LogP contribution >= 0.6 is 11.8 Å². The zero-order valence-electron chi connectivity index (χ0n) is 11.1. The van der Waals surface area contributed by atoms with E-state index < -0.39 is 0 Å². The van der Waals surface area contributed by atoms with E-state index in [0.717, 1.165) is 0 Å². The monoisotopic (exact) mass is 276 g/mol. The molecule has 0 fully saturated rings. The van der Waals surface area contributed by atoms with Gasteiger partial charge in [-0.15, -0.1) is 11.8 Å². The molecule has 1 rings (SSSR count). The number of hydrogen-bond donors (Lipinski definition) is 0. The Kier molecular flexibility index (Phi) is 6.90. The summed E-state index contributed by atoms with van der Waals surface area (Å²) < 4.78 is 13.5. The number of allylic oxidation sites excluding steroid dienone is 6. The Labute approximate surface area is 117 Å². The maximum atomic E-state index is 13.5. The summed E-state index contributed by atoms with van der Waals surface area (Å²) in [5, 5.41) is 0. The highest BCUT2D eigenvalue weighted by Crippen LogP contribution is 2.20. The number of hydrogen-bond acceptors (Lipinski definition) is 2. The first-order valence-corrected chi connectivity index (χ1v) is 7.22. The van der Waals surface area contributed by atoms with Gasteiger partial charge >= 0.3 is 0 Å². The number of Topliss-reactive ketones (excluding diaryl/α,β-unsaturated/α-hetero) is 1. The van der Waals surface area contributed by atoms with Crippen molar-refractivity contribution in [2.75, 3.05) is 6.26 Å². The topological polar surface area (TPSA) is 17.1 Å². The zero-order chi connectivity index (χ0) is 14.1. The van der Waals surface area contributed by atoms with Gasteiger partial charge in [-0.2, -0.15) is 0 Å². The first-order chi connectivity index (χ1) is 9.19. The van der Waals surface area contributed by atoms with E-state index in [1.807, 2.05) is 37.3 Å². The second-order valence-corrected chi connectivity index (χ2v) is 4.66. The van der Waals surface area contributed by atoms with Crippen LogP contribution in [0.2, 0.25) is 0 Å². The van der Waals surface area contributed by atoms with Crippen molar-refractivity contribution in [1.29, 1.82) is 0 Å². The van der Waals surface area contributed by atoms with Gasteiger partial charge in [0.25, 0.3) is 0 Å². The van der Waals surface area contributed by atoms with E-state index >= 15 is 0 Å². The fourth-order valence-electron chi connectivity index (χ4n) is 1.45. The molecule has 0 aromatic heterocycles. The minimum atomic E-state index is -0.338. The molecular weight excluding hydrogens is 259 g/mol. The number of benzene rings is 1. The second kappa shape index (κ2) is 8.48. The molecule has 0 amide bonds. The van der Waals surface area contributed by atoms with Gasteiger partial charge < -0.3 is 0 Å². The molecule has 0 atom stereocenters. The third kappa shape index (κ3) is 5.26. The molecule has 19 heavy (non-hydrogen) atoms. The molecule has 0 spiro atoms. The smallest absolute Gasteiger partial charge is 0.166 e. The van der Waals surface area contributed by atoms with Crippen molar-refractivity contribution in [2.24, 2.45) is 0 Å². The molecule has 0 bridgehead atoms. The van der Waals surface area contributed by atoms with Crippen LogP contribution in [-0.2, 0) is 0 Å². The first-order valence-electron chi connectivity index (χ1n) is 6.00. The maximum absolute atomic E-state index is 13.5. The summed E-state index contributed by atoms with van der Waals surface area (Å²) in [6.45, 7) is 1.93. The van der Waals surface area contributed by atoms with Crippen LogP contribution in [0.5, 0.6) is 0 Å². The standard InChI is InChI=1S/C16H17FOS/c1-3-4-5-6-7-8-9-15(18)13-10-11-16(19-2)14(17)12-13/h3-8,10-12H,9H2,1-2H3/b4-3-,6-5-,8-7+. The highest BCUT2D eigenvalue weighted by atomic mass is 32.2. The average Bonchev–Trinajstić information content (AvgIpc) is 2.42. The molecule has 0 saturated carbocycles. The van der Waals surface area contributed by atoms with Crippen LogP contribution in [0.4, 0.5) is 4.39 Å². The summed E-state index contributed by atoms with van der Waals surface area (Å²) in [7, 11) is 0. The molecule has 3 heteroatoms. The highest BCUT2D eigenvalue weighted by molar-refractivity contribution is 7.98. The van der Waals surface area contributed by atoms with Crippen LogP contribution in [0.1, 0.15) is 23.7 Å².